The second-order valence-corrected chi connectivity index (χ2v) is 17.0. The molecule has 5 aliphatic carbocycles. The molecule has 4 heteroatoms. The van der Waals surface area contributed by atoms with Gasteiger partial charge in [-0.1, -0.05) is 102 Å². The zero-order valence-electron chi connectivity index (χ0n) is 29.6. The van der Waals surface area contributed by atoms with Crippen LogP contribution in [0.2, 0.25) is 0 Å². The number of rotatable bonds is 4. The van der Waals surface area contributed by atoms with Gasteiger partial charge in [-0.05, 0) is 114 Å². The molecule has 9 rings (SSSR count). The van der Waals surface area contributed by atoms with Crippen molar-refractivity contribution < 1.29 is 9.59 Å². The van der Waals surface area contributed by atoms with Gasteiger partial charge in [0.2, 0.25) is 11.8 Å². The number of allylic oxidation sites excluding steroid dienone is 3. The van der Waals surface area contributed by atoms with E-state index in [1.165, 1.54) is 47.9 Å². The van der Waals surface area contributed by atoms with E-state index in [1.807, 2.05) is 4.90 Å². The molecule has 252 valence electrons. The smallest absolute Gasteiger partial charge is 0.235 e. The maximum atomic E-state index is 14.1. The molecule has 10 atom stereocenters. The Hall–Kier alpha value is -3.40. The third kappa shape index (κ3) is 4.32. The molecule has 4 bridgehead atoms. The molecule has 2 aromatic rings. The number of nitrogens with one attached hydrogen (secondary N) is 1. The van der Waals surface area contributed by atoms with Gasteiger partial charge in [-0.15, -0.1) is 0 Å². The Balaban J connectivity index is 0.00000108. The van der Waals surface area contributed by atoms with E-state index in [-0.39, 0.29) is 46.3 Å². The molecule has 0 radical (unpaired) electrons. The van der Waals surface area contributed by atoms with Crippen molar-refractivity contribution in [3.63, 3.8) is 0 Å². The summed E-state index contributed by atoms with van der Waals surface area (Å²) in [5.41, 5.74) is 8.55. The highest BCUT2D eigenvalue weighted by Gasteiger charge is 2.73. The van der Waals surface area contributed by atoms with Gasteiger partial charge in [-0.25, -0.2) is 0 Å². The lowest BCUT2D eigenvalue weighted by Crippen LogP contribution is -2.50. The van der Waals surface area contributed by atoms with Crippen LogP contribution in [0.1, 0.15) is 102 Å². The minimum absolute atomic E-state index is 0.0544. The van der Waals surface area contributed by atoms with Crippen molar-refractivity contribution in [2.45, 2.75) is 91.4 Å². The van der Waals surface area contributed by atoms with Crippen molar-refractivity contribution in [2.75, 3.05) is 4.90 Å². The standard InChI is InChI=1S/C41H46N2O2.C3H8/c1-22(2)28-11-7-26(8-12-28)17-27-9-13-31(14-10-27)43-24(4)35-33-19-30(37(35)39(43)45)21-41(33)16-6-15-40(25(41)5)20-29-18-32(40)34-23(3)42-38(44)36(29)34;1-3-2/h7-14,22,29-30,32-37H,3-6,15-21H2,1-2H3,(H,42,44);3H2,1-2H3. The quantitative estimate of drug-likeness (QED) is 0.338. The first-order valence-electron chi connectivity index (χ1n) is 18.9. The first-order valence-corrected chi connectivity index (χ1v) is 18.9. The number of hydrogen-bond acceptors (Lipinski definition) is 2. The topological polar surface area (TPSA) is 49.4 Å². The number of benzene rings is 2. The van der Waals surface area contributed by atoms with Crippen LogP contribution in [0.3, 0.4) is 0 Å². The van der Waals surface area contributed by atoms with Crippen LogP contribution in [0.25, 0.3) is 0 Å². The SMILES string of the molecule is C=C1NC(=O)C2C3CC(C12)C1(CCCC2(CC4CC2C2C(=C)N(c5ccc(Cc6ccc(C(C)C)cc6)cc5)C(=O)C42)C1=C)C3.CCC. The molecule has 2 saturated heterocycles. The number of anilines is 1. The Kier molecular flexibility index (Phi) is 7.51. The molecule has 2 heterocycles. The van der Waals surface area contributed by atoms with Gasteiger partial charge in [0.1, 0.15) is 0 Å². The predicted molar refractivity (Wildman–Crippen MR) is 194 cm³/mol. The minimum atomic E-state index is 0.0544. The third-order valence-electron chi connectivity index (χ3n) is 14.3. The van der Waals surface area contributed by atoms with Crippen molar-refractivity contribution in [3.05, 3.63) is 102 Å². The van der Waals surface area contributed by atoms with E-state index in [9.17, 15) is 9.59 Å². The molecular formula is C44H54N2O2. The van der Waals surface area contributed by atoms with Gasteiger partial charge in [-0.3, -0.25) is 14.5 Å². The van der Waals surface area contributed by atoms with Crippen LogP contribution in [0, 0.1) is 58.2 Å². The summed E-state index contributed by atoms with van der Waals surface area (Å²) >= 11 is 0. The molecule has 2 aromatic carbocycles. The summed E-state index contributed by atoms with van der Waals surface area (Å²) < 4.78 is 0. The van der Waals surface area contributed by atoms with Crippen LogP contribution in [-0.4, -0.2) is 11.8 Å². The number of hydrogen-bond donors (Lipinski definition) is 1. The van der Waals surface area contributed by atoms with Crippen LogP contribution >= 0.6 is 0 Å². The summed E-state index contributed by atoms with van der Waals surface area (Å²) in [5, 5.41) is 3.11. The number of carbonyl (C=O) groups excluding carboxylic acids is 2. The molecule has 2 aliphatic heterocycles. The van der Waals surface area contributed by atoms with Gasteiger partial charge in [0, 0.05) is 34.8 Å². The van der Waals surface area contributed by atoms with E-state index < -0.39 is 0 Å². The van der Waals surface area contributed by atoms with E-state index in [1.54, 1.807) is 0 Å². The molecular weight excluding hydrogens is 588 g/mol. The molecule has 48 heavy (non-hydrogen) atoms. The largest absolute Gasteiger partial charge is 0.330 e. The van der Waals surface area contributed by atoms with Crippen LogP contribution in [0.15, 0.2) is 85.2 Å². The number of nitrogens with zero attached hydrogens (tertiary/aromatic N) is 1. The van der Waals surface area contributed by atoms with Crippen molar-refractivity contribution in [1.29, 1.82) is 0 Å². The van der Waals surface area contributed by atoms with Crippen LogP contribution in [-0.2, 0) is 16.0 Å². The highest BCUT2D eigenvalue weighted by Crippen LogP contribution is 2.77. The van der Waals surface area contributed by atoms with Crippen molar-refractivity contribution in [3.8, 4) is 0 Å². The number of amides is 2. The molecule has 10 unspecified atom stereocenters. The fourth-order valence-corrected chi connectivity index (χ4v) is 12.6. The summed E-state index contributed by atoms with van der Waals surface area (Å²) in [6.07, 6.45) is 10.2. The Morgan fingerprint density at radius 1 is 0.792 bits per heavy atom. The molecule has 4 nitrogen and oxygen atoms in total. The van der Waals surface area contributed by atoms with Crippen LogP contribution in [0.5, 0.6) is 0 Å². The van der Waals surface area contributed by atoms with E-state index in [4.69, 9.17) is 6.58 Å². The molecule has 1 N–H and O–H groups in total. The maximum absolute atomic E-state index is 14.1. The second-order valence-electron chi connectivity index (χ2n) is 17.0. The lowest BCUT2D eigenvalue weighted by Gasteiger charge is -2.57. The average molecular weight is 643 g/mol. The third-order valence-corrected chi connectivity index (χ3v) is 14.3. The van der Waals surface area contributed by atoms with E-state index in [0.29, 0.717) is 29.6 Å². The van der Waals surface area contributed by atoms with E-state index in [2.05, 4.69) is 94.7 Å². The van der Waals surface area contributed by atoms with Gasteiger partial charge in [-0.2, -0.15) is 0 Å². The van der Waals surface area contributed by atoms with Crippen LogP contribution < -0.4 is 10.2 Å². The van der Waals surface area contributed by atoms with Gasteiger partial charge >= 0.3 is 0 Å². The Morgan fingerprint density at radius 2 is 1.33 bits per heavy atom. The predicted octanol–water partition coefficient (Wildman–Crippen LogP) is 9.58. The first kappa shape index (κ1) is 31.8. The average Bonchev–Trinajstić information content (AvgIpc) is 3.89. The maximum Gasteiger partial charge on any atom is 0.235 e. The summed E-state index contributed by atoms with van der Waals surface area (Å²) in [5.74, 6) is 3.45. The Morgan fingerprint density at radius 3 is 1.92 bits per heavy atom. The molecule has 7 fully saturated rings. The summed E-state index contributed by atoms with van der Waals surface area (Å²) in [7, 11) is 0. The normalized spacial score (nSPS) is 38.7. The fourth-order valence-electron chi connectivity index (χ4n) is 12.6. The summed E-state index contributed by atoms with van der Waals surface area (Å²) in [6.45, 7) is 22.7. The zero-order valence-corrected chi connectivity index (χ0v) is 29.6. The zero-order chi connectivity index (χ0) is 33.7. The van der Waals surface area contributed by atoms with Gasteiger partial charge in [0.05, 0.1) is 5.92 Å². The summed E-state index contributed by atoms with van der Waals surface area (Å²) in [6, 6.07) is 17.6. The number of fused-ring (bicyclic) bond motifs is 12. The van der Waals surface area contributed by atoms with Crippen molar-refractivity contribution >= 4 is 17.5 Å². The first-order chi connectivity index (χ1) is 23.0. The fraction of sp³-hybridized carbons (Fsp3) is 0.545. The van der Waals surface area contributed by atoms with Gasteiger partial charge in [0.15, 0.2) is 0 Å². The molecule has 2 spiro atoms. The highest BCUT2D eigenvalue weighted by atomic mass is 16.2. The van der Waals surface area contributed by atoms with Gasteiger partial charge < -0.3 is 5.32 Å². The Bertz CT molecular complexity index is 1680. The monoisotopic (exact) mass is 642 g/mol. The van der Waals surface area contributed by atoms with Crippen molar-refractivity contribution in [1.82, 2.24) is 5.32 Å². The minimum Gasteiger partial charge on any atom is -0.330 e. The molecule has 7 aliphatic rings. The molecule has 0 aromatic heterocycles. The van der Waals surface area contributed by atoms with Gasteiger partial charge in [0.25, 0.3) is 0 Å². The van der Waals surface area contributed by atoms with Crippen LogP contribution in [0.4, 0.5) is 5.69 Å². The van der Waals surface area contributed by atoms with E-state index >= 15 is 0 Å². The van der Waals surface area contributed by atoms with Crippen molar-refractivity contribution in [2.24, 2.45) is 58.2 Å². The lowest BCUT2D eigenvalue weighted by molar-refractivity contribution is -0.125. The second kappa shape index (κ2) is 11.3. The highest BCUT2D eigenvalue weighted by molar-refractivity contribution is 6.02. The lowest BCUT2D eigenvalue weighted by atomic mass is 9.47. The number of carbonyl (C=O) groups is 2. The Labute approximate surface area is 288 Å². The molecule has 2 amide bonds. The van der Waals surface area contributed by atoms with E-state index in [0.717, 1.165) is 49.2 Å². The summed E-state index contributed by atoms with van der Waals surface area (Å²) in [4.78, 5) is 28.9. The molecule has 5 saturated carbocycles.